The molecule has 3 N–H and O–H groups in total. The molecule has 0 saturated carbocycles. The zero-order valence-corrected chi connectivity index (χ0v) is 28.8. The van der Waals surface area contributed by atoms with Crippen LogP contribution in [0.4, 0.5) is 0 Å². The van der Waals surface area contributed by atoms with Gasteiger partial charge in [0, 0.05) is 24.2 Å². The Morgan fingerprint density at radius 2 is 1.31 bits per heavy atom. The van der Waals surface area contributed by atoms with Gasteiger partial charge in [0.2, 0.25) is 22.9 Å². The first-order chi connectivity index (χ1) is 25.0. The lowest BCUT2D eigenvalue weighted by molar-refractivity contribution is -0.192. The third-order valence-corrected chi connectivity index (χ3v) is 9.78. The quantitative estimate of drug-likeness (QED) is 0.145. The highest BCUT2D eigenvalue weighted by Crippen LogP contribution is 2.52. The summed E-state index contributed by atoms with van der Waals surface area (Å²) in [6.07, 6.45) is 1.09. The van der Waals surface area contributed by atoms with Gasteiger partial charge in [0.15, 0.2) is 22.5 Å². The number of rotatable bonds is 14. The fourth-order valence-corrected chi connectivity index (χ4v) is 6.94. The lowest BCUT2D eigenvalue weighted by Gasteiger charge is -2.44. The number of hydrogen-bond donors (Lipinski definition) is 3. The molecule has 1 fully saturated rings. The maximum absolute atomic E-state index is 15.2. The maximum atomic E-state index is 15.2. The van der Waals surface area contributed by atoms with Gasteiger partial charge in [0.05, 0.1) is 6.61 Å². The number of imidazole rings is 1. The van der Waals surface area contributed by atoms with Crippen LogP contribution in [0.5, 0.6) is 0 Å². The predicted molar refractivity (Wildman–Crippen MR) is 190 cm³/mol. The van der Waals surface area contributed by atoms with Crippen LogP contribution in [0.3, 0.4) is 0 Å². The van der Waals surface area contributed by atoms with Gasteiger partial charge in [-0.1, -0.05) is 118 Å². The molecule has 0 aliphatic carbocycles. The number of aliphatic hydroxyl groups is 3. The number of benzene rings is 3. The molecular weight excluding hydrogens is 668 g/mol. The number of aromatic nitrogens is 4. The molecule has 0 radical (unpaired) electrons. The lowest BCUT2D eigenvalue weighted by atomic mass is 9.67. The molecule has 13 heteroatoms. The Morgan fingerprint density at radius 3 is 1.87 bits per heavy atom. The van der Waals surface area contributed by atoms with Crippen LogP contribution in [0.25, 0.3) is 11.2 Å². The van der Waals surface area contributed by atoms with E-state index in [2.05, 4.69) is 4.98 Å². The SMILES string of the molecule is CCCCn1c(=O)c2c(ncn2[C@@]2(C(=O)C(O)c3ccccc3)OC[C@@](O)(C(=O)c3ccccc3)[C@@]2(O)C(=O)c2ccccc2)n(CCCC)c1=O. The van der Waals surface area contributed by atoms with Gasteiger partial charge in [-0.15, -0.1) is 0 Å². The van der Waals surface area contributed by atoms with Gasteiger partial charge in [-0.25, -0.2) is 9.78 Å². The minimum atomic E-state index is -3.56. The van der Waals surface area contributed by atoms with Crippen molar-refractivity contribution >= 4 is 28.5 Å². The molecular formula is C39H40N4O9. The number of carbonyl (C=O) groups is 3. The smallest absolute Gasteiger partial charge is 0.332 e. The van der Waals surface area contributed by atoms with Gasteiger partial charge in [0.25, 0.3) is 5.56 Å². The second-order valence-corrected chi connectivity index (χ2v) is 13.0. The fourth-order valence-electron chi connectivity index (χ4n) is 6.94. The van der Waals surface area contributed by atoms with E-state index >= 15 is 4.79 Å². The molecule has 13 nitrogen and oxygen atoms in total. The van der Waals surface area contributed by atoms with Crippen molar-refractivity contribution in [1.82, 2.24) is 18.7 Å². The number of Topliss-reactive ketones (excluding diaryl/α,β-unsaturated/α-hetero) is 3. The highest BCUT2D eigenvalue weighted by atomic mass is 16.6. The Morgan fingerprint density at radius 1 is 0.788 bits per heavy atom. The topological polar surface area (TPSA) is 183 Å². The molecule has 1 aliphatic rings. The van der Waals surface area contributed by atoms with Gasteiger partial charge < -0.3 is 20.1 Å². The number of aryl methyl sites for hydroxylation is 1. The first-order valence-electron chi connectivity index (χ1n) is 17.3. The third kappa shape index (κ3) is 5.48. The van der Waals surface area contributed by atoms with Crippen molar-refractivity contribution < 1.29 is 34.4 Å². The highest BCUT2D eigenvalue weighted by Gasteiger charge is 2.80. The molecule has 5 aromatic rings. The van der Waals surface area contributed by atoms with E-state index in [-0.39, 0.29) is 35.4 Å². The standard InChI is InChI=1S/C39H40N4O9/c1-3-5-22-41-34-29(35(48)42(36(41)49)23-6-4-2)43(25-40-34)39(33(47)30(44)26-16-10-7-11-17-26)38(51,32(46)28-20-14-9-15-21-28)37(50,24-52-39)31(45)27-18-12-8-13-19-27/h7-21,25,30,44,50-51H,3-6,22-24H2,1-2H3/t30?,37-,38+,39+/m1/s1. The number of aliphatic hydroxyl groups excluding tert-OH is 1. The molecule has 3 heterocycles. The molecule has 270 valence electrons. The van der Waals surface area contributed by atoms with Crippen LogP contribution in [0.15, 0.2) is 107 Å². The van der Waals surface area contributed by atoms with Gasteiger partial charge in [-0.05, 0) is 18.4 Å². The van der Waals surface area contributed by atoms with E-state index in [0.29, 0.717) is 25.7 Å². The second kappa shape index (κ2) is 14.4. The lowest BCUT2D eigenvalue weighted by Crippen LogP contribution is -2.73. The van der Waals surface area contributed by atoms with Crippen molar-refractivity contribution in [2.45, 2.75) is 75.7 Å². The van der Waals surface area contributed by atoms with E-state index in [1.165, 1.54) is 65.2 Å². The zero-order chi connectivity index (χ0) is 37.3. The Labute approximate surface area is 298 Å². The predicted octanol–water partition coefficient (Wildman–Crippen LogP) is 3.17. The Kier molecular flexibility index (Phi) is 10.1. The molecule has 1 aliphatic heterocycles. The van der Waals surface area contributed by atoms with E-state index in [1.807, 2.05) is 13.8 Å². The number of ether oxygens (including phenoxy) is 1. The molecule has 0 amide bonds. The molecule has 52 heavy (non-hydrogen) atoms. The van der Waals surface area contributed by atoms with Gasteiger partial charge in [0.1, 0.15) is 12.4 Å². The summed E-state index contributed by atoms with van der Waals surface area (Å²) in [4.78, 5) is 77.1. The van der Waals surface area contributed by atoms with E-state index in [9.17, 15) is 34.5 Å². The van der Waals surface area contributed by atoms with Crippen LogP contribution in [-0.4, -0.2) is 69.2 Å². The van der Waals surface area contributed by atoms with Crippen molar-refractivity contribution in [2.24, 2.45) is 0 Å². The summed E-state index contributed by atoms with van der Waals surface area (Å²) in [6, 6.07) is 22.2. The summed E-state index contributed by atoms with van der Waals surface area (Å²) < 4.78 is 9.24. The molecule has 4 atom stereocenters. The monoisotopic (exact) mass is 708 g/mol. The second-order valence-electron chi connectivity index (χ2n) is 13.0. The van der Waals surface area contributed by atoms with Gasteiger partial charge in [-0.2, -0.15) is 0 Å². The summed E-state index contributed by atoms with van der Waals surface area (Å²) in [5.74, 6) is -3.85. The van der Waals surface area contributed by atoms with Crippen LogP contribution >= 0.6 is 0 Å². The normalized spacial score (nSPS) is 22.0. The largest absolute Gasteiger partial charge is 0.380 e. The van der Waals surface area contributed by atoms with E-state index < -0.39 is 63.8 Å². The van der Waals surface area contributed by atoms with Gasteiger partial charge in [-0.3, -0.25) is 32.9 Å². The summed E-state index contributed by atoms with van der Waals surface area (Å²) in [5, 5.41) is 37.6. The summed E-state index contributed by atoms with van der Waals surface area (Å²) >= 11 is 0. The molecule has 1 unspecified atom stereocenters. The zero-order valence-electron chi connectivity index (χ0n) is 28.8. The van der Waals surface area contributed by atoms with Crippen LogP contribution in [0, 0.1) is 0 Å². The number of nitrogens with zero attached hydrogens (tertiary/aromatic N) is 4. The third-order valence-electron chi connectivity index (χ3n) is 9.78. The molecule has 3 aromatic carbocycles. The average Bonchev–Trinajstić information content (AvgIpc) is 3.73. The number of hydrogen-bond acceptors (Lipinski definition) is 10. The van der Waals surface area contributed by atoms with Crippen molar-refractivity contribution in [3.05, 3.63) is 135 Å². The van der Waals surface area contributed by atoms with Crippen molar-refractivity contribution in [2.75, 3.05) is 6.61 Å². The molecule has 0 spiro atoms. The van der Waals surface area contributed by atoms with Crippen LogP contribution < -0.4 is 11.2 Å². The van der Waals surface area contributed by atoms with Crippen molar-refractivity contribution in [3.8, 4) is 0 Å². The van der Waals surface area contributed by atoms with Crippen LogP contribution in [0.2, 0.25) is 0 Å². The molecule has 1 saturated heterocycles. The number of carbonyl (C=O) groups excluding carboxylic acids is 3. The fraction of sp³-hybridized carbons (Fsp3) is 0.333. The van der Waals surface area contributed by atoms with E-state index in [0.717, 1.165) is 15.5 Å². The Balaban J connectivity index is 1.75. The van der Waals surface area contributed by atoms with Crippen molar-refractivity contribution in [3.63, 3.8) is 0 Å². The number of unbranched alkanes of at least 4 members (excludes halogenated alkanes) is 2. The summed E-state index contributed by atoms with van der Waals surface area (Å²) in [7, 11) is 0. The first-order valence-corrected chi connectivity index (χ1v) is 17.3. The highest BCUT2D eigenvalue weighted by molar-refractivity contribution is 6.16. The number of ketones is 3. The van der Waals surface area contributed by atoms with E-state index in [4.69, 9.17) is 4.74 Å². The average molecular weight is 709 g/mol. The van der Waals surface area contributed by atoms with Gasteiger partial charge >= 0.3 is 5.69 Å². The Hall–Kier alpha value is -5.34. The number of fused-ring (bicyclic) bond motifs is 1. The Bertz CT molecular complexity index is 2230. The summed E-state index contributed by atoms with van der Waals surface area (Å²) in [6.45, 7) is 2.81. The van der Waals surface area contributed by atoms with Crippen LogP contribution in [-0.2, 0) is 28.3 Å². The maximum Gasteiger partial charge on any atom is 0.332 e. The molecule has 2 aromatic heterocycles. The molecule has 6 rings (SSSR count). The minimum absolute atomic E-state index is 0.000496. The van der Waals surface area contributed by atoms with E-state index in [1.54, 1.807) is 30.3 Å². The summed E-state index contributed by atoms with van der Waals surface area (Å²) in [5.41, 5.74) is -12.4. The van der Waals surface area contributed by atoms with Crippen molar-refractivity contribution in [1.29, 1.82) is 0 Å². The first kappa shape index (κ1) is 36.5. The van der Waals surface area contributed by atoms with Crippen LogP contribution in [0.1, 0.15) is 71.9 Å². The molecule has 0 bridgehead atoms. The minimum Gasteiger partial charge on any atom is -0.380 e.